The van der Waals surface area contributed by atoms with Crippen LogP contribution < -0.4 is 5.32 Å². The maximum absolute atomic E-state index is 11.6. The van der Waals surface area contributed by atoms with Crippen molar-refractivity contribution < 1.29 is 9.53 Å². The summed E-state index contributed by atoms with van der Waals surface area (Å²) in [6.07, 6.45) is 1.22. The van der Waals surface area contributed by atoms with Crippen LogP contribution in [0, 0.1) is 0 Å². The third-order valence-corrected chi connectivity index (χ3v) is 2.77. The Balaban J connectivity index is 1.98. The Labute approximate surface area is 128 Å². The Kier molecular flexibility index (Phi) is 4.47. The van der Waals surface area contributed by atoms with Crippen LogP contribution in [-0.4, -0.2) is 26.7 Å². The first kappa shape index (κ1) is 15.3. The number of carbonyl (C=O) groups is 1. The van der Waals surface area contributed by atoms with Gasteiger partial charge in [0.1, 0.15) is 11.3 Å². The monoisotopic (exact) mass is 308 g/mol. The lowest BCUT2D eigenvalue weighted by molar-refractivity contribution is 0.0523. The van der Waals surface area contributed by atoms with Gasteiger partial charge in [-0.3, -0.25) is 0 Å². The first-order valence-electron chi connectivity index (χ1n) is 6.48. The van der Waals surface area contributed by atoms with Crippen LogP contribution >= 0.6 is 11.6 Å². The summed E-state index contributed by atoms with van der Waals surface area (Å²) >= 11 is 6.09. The zero-order chi connectivity index (χ0) is 15.5. The van der Waals surface area contributed by atoms with Crippen molar-refractivity contribution in [1.82, 2.24) is 20.3 Å². The second kappa shape index (κ2) is 6.13. The topological polar surface area (TPSA) is 69.0 Å². The van der Waals surface area contributed by atoms with E-state index in [2.05, 4.69) is 15.6 Å². The van der Waals surface area contributed by atoms with Gasteiger partial charge in [-0.2, -0.15) is 0 Å². The summed E-state index contributed by atoms with van der Waals surface area (Å²) in [4.78, 5) is 11.6. The molecule has 1 aromatic carbocycles. The number of nitrogens with zero attached hydrogens (tertiary/aromatic N) is 3. The van der Waals surface area contributed by atoms with Gasteiger partial charge < -0.3 is 10.1 Å². The van der Waals surface area contributed by atoms with Crippen molar-refractivity contribution in [3.8, 4) is 5.69 Å². The van der Waals surface area contributed by atoms with E-state index in [1.54, 1.807) is 37.7 Å². The standard InChI is InChI=1S/C14H17ClN4O2/c1-14(2,3)21-13(20)16-8-10-9-19(18-17-10)12-7-5-4-6-11(12)15/h4-7,9H,8H2,1-3H3,(H,16,20). The number of benzene rings is 1. The van der Waals surface area contributed by atoms with Crippen LogP contribution in [0.5, 0.6) is 0 Å². The lowest BCUT2D eigenvalue weighted by atomic mass is 10.2. The molecule has 1 heterocycles. The van der Waals surface area contributed by atoms with Gasteiger partial charge in [-0.05, 0) is 32.9 Å². The normalized spacial score (nSPS) is 11.2. The molecule has 0 fully saturated rings. The van der Waals surface area contributed by atoms with Crippen molar-refractivity contribution in [1.29, 1.82) is 0 Å². The number of aromatic nitrogens is 3. The molecule has 0 spiro atoms. The van der Waals surface area contributed by atoms with E-state index in [1.165, 1.54) is 0 Å². The molecule has 1 amide bonds. The van der Waals surface area contributed by atoms with Crippen LogP contribution in [0.3, 0.4) is 0 Å². The number of ether oxygens (including phenoxy) is 1. The predicted molar refractivity (Wildman–Crippen MR) is 79.4 cm³/mol. The zero-order valence-corrected chi connectivity index (χ0v) is 12.9. The molecule has 2 aromatic rings. The van der Waals surface area contributed by atoms with Crippen molar-refractivity contribution in [3.63, 3.8) is 0 Å². The number of alkyl carbamates (subject to hydrolysis) is 1. The van der Waals surface area contributed by atoms with Gasteiger partial charge in [0.2, 0.25) is 0 Å². The Morgan fingerprint density at radius 2 is 2.10 bits per heavy atom. The maximum Gasteiger partial charge on any atom is 0.407 e. The molecule has 0 bridgehead atoms. The van der Waals surface area contributed by atoms with Gasteiger partial charge in [0.05, 0.1) is 23.5 Å². The highest BCUT2D eigenvalue weighted by atomic mass is 35.5. The van der Waals surface area contributed by atoms with Gasteiger partial charge in [-0.25, -0.2) is 9.48 Å². The quantitative estimate of drug-likeness (QED) is 0.946. The van der Waals surface area contributed by atoms with Gasteiger partial charge in [-0.15, -0.1) is 5.10 Å². The van der Waals surface area contributed by atoms with Crippen molar-refractivity contribution >= 4 is 17.7 Å². The molecular formula is C14H17ClN4O2. The molecule has 0 aliphatic carbocycles. The fourth-order valence-corrected chi connectivity index (χ4v) is 1.83. The summed E-state index contributed by atoms with van der Waals surface area (Å²) in [5.74, 6) is 0. The molecular weight excluding hydrogens is 292 g/mol. The molecule has 1 aromatic heterocycles. The maximum atomic E-state index is 11.6. The lowest BCUT2D eigenvalue weighted by Gasteiger charge is -2.19. The van der Waals surface area contributed by atoms with Gasteiger partial charge in [-0.1, -0.05) is 28.9 Å². The summed E-state index contributed by atoms with van der Waals surface area (Å²) in [6.45, 7) is 5.65. The molecule has 0 aliphatic rings. The van der Waals surface area contributed by atoms with E-state index in [0.29, 0.717) is 10.7 Å². The number of carbonyl (C=O) groups excluding carboxylic acids is 1. The van der Waals surface area contributed by atoms with Crippen LogP contribution in [0.4, 0.5) is 4.79 Å². The average Bonchev–Trinajstić information content (AvgIpc) is 2.83. The summed E-state index contributed by atoms with van der Waals surface area (Å²) in [6, 6.07) is 7.31. The van der Waals surface area contributed by atoms with E-state index in [-0.39, 0.29) is 6.54 Å². The Morgan fingerprint density at radius 3 is 2.76 bits per heavy atom. The summed E-state index contributed by atoms with van der Waals surface area (Å²) in [5.41, 5.74) is 0.815. The van der Waals surface area contributed by atoms with Crippen LogP contribution in [0.1, 0.15) is 26.5 Å². The van der Waals surface area contributed by atoms with Crippen molar-refractivity contribution in [3.05, 3.63) is 41.2 Å². The van der Waals surface area contributed by atoms with E-state index in [9.17, 15) is 4.79 Å². The molecule has 112 valence electrons. The van der Waals surface area contributed by atoms with E-state index < -0.39 is 11.7 Å². The third-order valence-electron chi connectivity index (χ3n) is 2.45. The molecule has 0 saturated carbocycles. The molecule has 0 atom stereocenters. The number of amides is 1. The number of rotatable bonds is 3. The van der Waals surface area contributed by atoms with Gasteiger partial charge in [0, 0.05) is 0 Å². The minimum absolute atomic E-state index is 0.235. The summed E-state index contributed by atoms with van der Waals surface area (Å²) in [7, 11) is 0. The highest BCUT2D eigenvalue weighted by Gasteiger charge is 2.16. The van der Waals surface area contributed by atoms with Crippen molar-refractivity contribution in [2.75, 3.05) is 0 Å². The average molecular weight is 309 g/mol. The van der Waals surface area contributed by atoms with E-state index in [4.69, 9.17) is 16.3 Å². The Morgan fingerprint density at radius 1 is 1.38 bits per heavy atom. The zero-order valence-electron chi connectivity index (χ0n) is 12.1. The van der Waals surface area contributed by atoms with Crippen LogP contribution in [0.25, 0.3) is 5.69 Å². The minimum Gasteiger partial charge on any atom is -0.444 e. The fourth-order valence-electron chi connectivity index (χ4n) is 1.61. The number of nitrogens with one attached hydrogen (secondary N) is 1. The van der Waals surface area contributed by atoms with Crippen molar-refractivity contribution in [2.24, 2.45) is 0 Å². The molecule has 1 N–H and O–H groups in total. The highest BCUT2D eigenvalue weighted by Crippen LogP contribution is 2.18. The second-order valence-corrected chi connectivity index (χ2v) is 5.87. The van der Waals surface area contributed by atoms with Gasteiger partial charge >= 0.3 is 6.09 Å². The number of hydrogen-bond donors (Lipinski definition) is 1. The first-order chi connectivity index (χ1) is 9.85. The van der Waals surface area contributed by atoms with Crippen LogP contribution in [0.2, 0.25) is 5.02 Å². The van der Waals surface area contributed by atoms with Gasteiger partial charge in [0.15, 0.2) is 0 Å². The van der Waals surface area contributed by atoms with Crippen LogP contribution in [0.15, 0.2) is 30.5 Å². The van der Waals surface area contributed by atoms with Crippen molar-refractivity contribution in [2.45, 2.75) is 32.9 Å². The Bertz CT molecular complexity index is 634. The SMILES string of the molecule is CC(C)(C)OC(=O)NCc1cn(-c2ccccc2Cl)nn1. The molecule has 0 aliphatic heterocycles. The smallest absolute Gasteiger partial charge is 0.407 e. The van der Waals surface area contributed by atoms with E-state index >= 15 is 0 Å². The second-order valence-electron chi connectivity index (χ2n) is 5.46. The first-order valence-corrected chi connectivity index (χ1v) is 6.86. The fraction of sp³-hybridized carbons (Fsp3) is 0.357. The predicted octanol–water partition coefficient (Wildman–Crippen LogP) is 2.95. The molecule has 0 unspecified atom stereocenters. The van der Waals surface area contributed by atoms with E-state index in [1.807, 2.05) is 18.2 Å². The minimum atomic E-state index is -0.529. The molecule has 2 rings (SSSR count). The third kappa shape index (κ3) is 4.46. The van der Waals surface area contributed by atoms with Gasteiger partial charge in [0.25, 0.3) is 0 Å². The molecule has 0 saturated heterocycles. The van der Waals surface area contributed by atoms with E-state index in [0.717, 1.165) is 5.69 Å². The van der Waals surface area contributed by atoms with Crippen LogP contribution in [-0.2, 0) is 11.3 Å². The summed E-state index contributed by atoms with van der Waals surface area (Å²) < 4.78 is 6.71. The number of para-hydroxylation sites is 1. The largest absolute Gasteiger partial charge is 0.444 e. The number of hydrogen-bond acceptors (Lipinski definition) is 4. The molecule has 6 nitrogen and oxygen atoms in total. The number of halogens is 1. The Hall–Kier alpha value is -2.08. The highest BCUT2D eigenvalue weighted by molar-refractivity contribution is 6.32. The molecule has 21 heavy (non-hydrogen) atoms. The molecule has 0 radical (unpaired) electrons. The summed E-state index contributed by atoms with van der Waals surface area (Å²) in [5, 5.41) is 11.2. The molecule has 7 heteroatoms. The lowest BCUT2D eigenvalue weighted by Crippen LogP contribution is -2.32.